The van der Waals surface area contributed by atoms with Gasteiger partial charge in [0.05, 0.1) is 13.2 Å². The van der Waals surface area contributed by atoms with Gasteiger partial charge in [0.25, 0.3) is 0 Å². The van der Waals surface area contributed by atoms with Gasteiger partial charge in [-0.05, 0) is 43.3 Å². The summed E-state index contributed by atoms with van der Waals surface area (Å²) in [4.78, 5) is 2.44. The third-order valence-electron chi connectivity index (χ3n) is 3.25. The van der Waals surface area contributed by atoms with Gasteiger partial charge in [-0.2, -0.15) is 0 Å². The molecule has 0 unspecified atom stereocenters. The van der Waals surface area contributed by atoms with Crippen molar-refractivity contribution in [2.75, 3.05) is 39.4 Å². The second-order valence-corrected chi connectivity index (χ2v) is 5.56. The zero-order valence-corrected chi connectivity index (χ0v) is 12.5. The minimum absolute atomic E-state index is 0.731. The van der Waals surface area contributed by atoms with Gasteiger partial charge in [0.2, 0.25) is 0 Å². The van der Waals surface area contributed by atoms with E-state index in [1.165, 1.54) is 0 Å². The number of hydrogen-bond donors (Lipinski definition) is 1. The van der Waals surface area contributed by atoms with Crippen LogP contribution in [-0.2, 0) is 11.3 Å². The Labute approximate surface area is 124 Å². The van der Waals surface area contributed by atoms with Crippen molar-refractivity contribution in [3.05, 3.63) is 33.8 Å². The summed E-state index contributed by atoms with van der Waals surface area (Å²) in [7, 11) is 0. The fourth-order valence-electron chi connectivity index (χ4n) is 2.15. The molecule has 1 aromatic rings. The Kier molecular flexibility index (Phi) is 6.41. The monoisotopic (exact) mass is 302 g/mol. The van der Waals surface area contributed by atoms with Gasteiger partial charge in [-0.1, -0.05) is 23.2 Å². The molecule has 1 saturated heterocycles. The van der Waals surface area contributed by atoms with E-state index in [4.69, 9.17) is 27.9 Å². The maximum Gasteiger partial charge on any atom is 0.0594 e. The maximum absolute atomic E-state index is 6.11. The topological polar surface area (TPSA) is 24.5 Å². The summed E-state index contributed by atoms with van der Waals surface area (Å²) in [6.45, 7) is 6.72. The molecule has 1 fully saturated rings. The van der Waals surface area contributed by atoms with Crippen LogP contribution in [0.15, 0.2) is 18.2 Å². The fourth-order valence-corrected chi connectivity index (χ4v) is 2.53. The molecule has 3 nitrogen and oxygen atoms in total. The lowest BCUT2D eigenvalue weighted by Crippen LogP contribution is -2.37. The van der Waals surface area contributed by atoms with Crippen molar-refractivity contribution in [2.24, 2.45) is 0 Å². The first-order valence-corrected chi connectivity index (χ1v) is 7.46. The lowest BCUT2D eigenvalue weighted by molar-refractivity contribution is 0.0374. The molecule has 1 aromatic carbocycles. The summed E-state index contributed by atoms with van der Waals surface area (Å²) >= 11 is 12.1. The van der Waals surface area contributed by atoms with Crippen molar-refractivity contribution in [2.45, 2.75) is 13.0 Å². The number of hydrogen-bond acceptors (Lipinski definition) is 3. The number of ether oxygens (including phenoxy) is 1. The van der Waals surface area contributed by atoms with Crippen LogP contribution in [0.2, 0.25) is 10.0 Å². The molecule has 1 heterocycles. The Bertz CT molecular complexity index is 395. The van der Waals surface area contributed by atoms with Crippen LogP contribution >= 0.6 is 23.2 Å². The van der Waals surface area contributed by atoms with Crippen molar-refractivity contribution in [3.63, 3.8) is 0 Å². The van der Waals surface area contributed by atoms with Crippen LogP contribution in [0.5, 0.6) is 0 Å². The third kappa shape index (κ3) is 5.28. The summed E-state index contributed by atoms with van der Waals surface area (Å²) < 4.78 is 5.32. The molecule has 0 atom stereocenters. The second kappa shape index (κ2) is 8.08. The molecule has 19 heavy (non-hydrogen) atoms. The van der Waals surface area contributed by atoms with Gasteiger partial charge in [-0.3, -0.25) is 4.90 Å². The summed E-state index contributed by atoms with van der Waals surface area (Å²) in [6.07, 6.45) is 1.14. The Morgan fingerprint density at radius 2 is 2.00 bits per heavy atom. The van der Waals surface area contributed by atoms with Gasteiger partial charge in [0, 0.05) is 29.7 Å². The molecule has 0 radical (unpaired) electrons. The van der Waals surface area contributed by atoms with E-state index in [-0.39, 0.29) is 0 Å². The first-order valence-electron chi connectivity index (χ1n) is 6.70. The zero-order valence-electron chi connectivity index (χ0n) is 11.0. The third-order valence-corrected chi connectivity index (χ3v) is 3.86. The average Bonchev–Trinajstić information content (AvgIpc) is 2.43. The second-order valence-electron chi connectivity index (χ2n) is 4.72. The van der Waals surface area contributed by atoms with Crippen LogP contribution in [0.4, 0.5) is 0 Å². The highest BCUT2D eigenvalue weighted by molar-refractivity contribution is 6.33. The zero-order chi connectivity index (χ0) is 13.5. The molecule has 106 valence electrons. The van der Waals surface area contributed by atoms with Crippen molar-refractivity contribution in [1.29, 1.82) is 0 Å². The molecule has 1 aliphatic rings. The largest absolute Gasteiger partial charge is 0.379 e. The Hall–Kier alpha value is -0.320. The molecule has 0 bridgehead atoms. The number of rotatable bonds is 6. The Morgan fingerprint density at radius 1 is 1.21 bits per heavy atom. The van der Waals surface area contributed by atoms with Crippen molar-refractivity contribution in [1.82, 2.24) is 10.2 Å². The number of morpholine rings is 1. The number of halogens is 2. The molecule has 2 rings (SSSR count). The molecule has 5 heteroatoms. The standard InChI is InChI=1S/C14H20Cl2N2O/c15-13-2-3-14(16)12(10-13)11-17-4-1-5-18-6-8-19-9-7-18/h2-3,10,17H,1,4-9,11H2. The first kappa shape index (κ1) is 15.1. The van der Waals surface area contributed by atoms with Crippen molar-refractivity contribution >= 4 is 23.2 Å². The summed E-state index contributed by atoms with van der Waals surface area (Å²) in [5.74, 6) is 0. The number of nitrogens with one attached hydrogen (secondary N) is 1. The normalized spacial score (nSPS) is 16.7. The molecule has 0 amide bonds. The van der Waals surface area contributed by atoms with E-state index in [1.54, 1.807) is 0 Å². The van der Waals surface area contributed by atoms with Gasteiger partial charge < -0.3 is 10.1 Å². The van der Waals surface area contributed by atoms with Gasteiger partial charge in [0.15, 0.2) is 0 Å². The van der Waals surface area contributed by atoms with Crippen LogP contribution in [0.1, 0.15) is 12.0 Å². The highest BCUT2D eigenvalue weighted by Gasteiger charge is 2.09. The van der Waals surface area contributed by atoms with E-state index in [0.717, 1.165) is 68.0 Å². The molecule has 0 spiro atoms. The summed E-state index contributed by atoms with van der Waals surface area (Å²) in [5.41, 5.74) is 1.06. The molecule has 1 N–H and O–H groups in total. The van der Waals surface area contributed by atoms with Gasteiger partial charge in [-0.15, -0.1) is 0 Å². The lowest BCUT2D eigenvalue weighted by Gasteiger charge is -2.26. The van der Waals surface area contributed by atoms with Crippen LogP contribution in [0.3, 0.4) is 0 Å². The quantitative estimate of drug-likeness (QED) is 0.818. The predicted octanol–water partition coefficient (Wildman–Crippen LogP) is 2.81. The molecule has 1 aliphatic heterocycles. The van der Waals surface area contributed by atoms with Crippen LogP contribution in [-0.4, -0.2) is 44.3 Å². The van der Waals surface area contributed by atoms with E-state index >= 15 is 0 Å². The maximum atomic E-state index is 6.11. The number of nitrogens with zero attached hydrogens (tertiary/aromatic N) is 1. The van der Waals surface area contributed by atoms with Crippen LogP contribution in [0, 0.1) is 0 Å². The Morgan fingerprint density at radius 3 is 2.79 bits per heavy atom. The predicted molar refractivity (Wildman–Crippen MR) is 80.0 cm³/mol. The van der Waals surface area contributed by atoms with E-state index in [1.807, 2.05) is 18.2 Å². The Balaban J connectivity index is 1.62. The van der Waals surface area contributed by atoms with Crippen molar-refractivity contribution in [3.8, 4) is 0 Å². The minimum atomic E-state index is 0.731. The molecule has 0 aromatic heterocycles. The van der Waals surface area contributed by atoms with E-state index in [2.05, 4.69) is 10.2 Å². The van der Waals surface area contributed by atoms with E-state index < -0.39 is 0 Å². The van der Waals surface area contributed by atoms with Gasteiger partial charge in [0.1, 0.15) is 0 Å². The average molecular weight is 303 g/mol. The van der Waals surface area contributed by atoms with Crippen molar-refractivity contribution < 1.29 is 4.74 Å². The van der Waals surface area contributed by atoms with E-state index in [9.17, 15) is 0 Å². The number of benzene rings is 1. The molecule has 0 aliphatic carbocycles. The molecule has 0 saturated carbocycles. The molecular formula is C14H20Cl2N2O. The minimum Gasteiger partial charge on any atom is -0.379 e. The summed E-state index contributed by atoms with van der Waals surface area (Å²) in [6, 6.07) is 5.57. The smallest absolute Gasteiger partial charge is 0.0594 e. The SMILES string of the molecule is Clc1ccc(Cl)c(CNCCCN2CCOCC2)c1. The van der Waals surface area contributed by atoms with Gasteiger partial charge >= 0.3 is 0 Å². The van der Waals surface area contributed by atoms with Crippen LogP contribution in [0.25, 0.3) is 0 Å². The fraction of sp³-hybridized carbons (Fsp3) is 0.571. The van der Waals surface area contributed by atoms with E-state index in [0.29, 0.717) is 0 Å². The lowest BCUT2D eigenvalue weighted by atomic mass is 10.2. The first-order chi connectivity index (χ1) is 9.25. The highest BCUT2D eigenvalue weighted by Crippen LogP contribution is 2.20. The highest BCUT2D eigenvalue weighted by atomic mass is 35.5. The van der Waals surface area contributed by atoms with Gasteiger partial charge in [-0.25, -0.2) is 0 Å². The summed E-state index contributed by atoms with van der Waals surface area (Å²) in [5, 5.41) is 4.91. The molecular weight excluding hydrogens is 283 g/mol. The van der Waals surface area contributed by atoms with Crippen LogP contribution < -0.4 is 5.32 Å².